The van der Waals surface area contributed by atoms with Gasteiger partial charge in [0.25, 0.3) is 0 Å². The maximum atomic E-state index is 4.71. The largest absolute Gasteiger partial charge is 0.357 e. The first kappa shape index (κ1) is 16.1. The standard InChI is InChI=1S/C19H23N5S/c1-2-20-17(21-12-16-13-24-10-11-25-18(24)23-16)22-14-19(8-9-19)15-6-4-3-5-7-15/h3-7,10-11,13H,2,8-9,12,14H2,1H3,(H2,20,21,22). The highest BCUT2D eigenvalue weighted by Crippen LogP contribution is 2.47. The van der Waals surface area contributed by atoms with E-state index in [1.807, 2.05) is 22.2 Å². The minimum Gasteiger partial charge on any atom is -0.357 e. The van der Waals surface area contributed by atoms with Crippen LogP contribution in [0.4, 0.5) is 0 Å². The molecular formula is C19H23N5S. The zero-order valence-corrected chi connectivity index (χ0v) is 15.2. The number of hydrogen-bond donors (Lipinski definition) is 2. The Bertz CT molecular complexity index is 832. The second-order valence-electron chi connectivity index (χ2n) is 6.52. The summed E-state index contributed by atoms with van der Waals surface area (Å²) >= 11 is 1.64. The average molecular weight is 353 g/mol. The van der Waals surface area contributed by atoms with E-state index < -0.39 is 0 Å². The minimum absolute atomic E-state index is 0.272. The maximum Gasteiger partial charge on any atom is 0.193 e. The van der Waals surface area contributed by atoms with Gasteiger partial charge in [-0.1, -0.05) is 30.3 Å². The van der Waals surface area contributed by atoms with Gasteiger partial charge in [0, 0.05) is 36.3 Å². The maximum absolute atomic E-state index is 4.71. The van der Waals surface area contributed by atoms with Gasteiger partial charge < -0.3 is 10.6 Å². The van der Waals surface area contributed by atoms with Crippen LogP contribution in [0.2, 0.25) is 0 Å². The molecular weight excluding hydrogens is 330 g/mol. The lowest BCUT2D eigenvalue weighted by Gasteiger charge is -2.19. The van der Waals surface area contributed by atoms with Crippen LogP contribution in [0.15, 0.2) is 53.1 Å². The lowest BCUT2D eigenvalue weighted by Crippen LogP contribution is -2.41. The van der Waals surface area contributed by atoms with Crippen molar-refractivity contribution in [2.75, 3.05) is 13.1 Å². The van der Waals surface area contributed by atoms with E-state index in [4.69, 9.17) is 4.99 Å². The van der Waals surface area contributed by atoms with Gasteiger partial charge in [-0.2, -0.15) is 0 Å². The number of nitrogens with one attached hydrogen (secondary N) is 2. The van der Waals surface area contributed by atoms with E-state index in [1.165, 1.54) is 18.4 Å². The van der Waals surface area contributed by atoms with Crippen LogP contribution in [0.25, 0.3) is 4.96 Å². The fourth-order valence-electron chi connectivity index (χ4n) is 3.12. The third kappa shape index (κ3) is 3.54. The molecule has 5 nitrogen and oxygen atoms in total. The highest BCUT2D eigenvalue weighted by Gasteiger charge is 2.43. The van der Waals surface area contributed by atoms with Crippen molar-refractivity contribution in [2.24, 2.45) is 4.99 Å². The quantitative estimate of drug-likeness (QED) is 0.529. The Morgan fingerprint density at radius 1 is 1.28 bits per heavy atom. The molecule has 0 amide bonds. The Morgan fingerprint density at radius 2 is 2.12 bits per heavy atom. The van der Waals surface area contributed by atoms with Crippen LogP contribution in [0.3, 0.4) is 0 Å². The number of fused-ring (bicyclic) bond motifs is 1. The molecule has 0 saturated heterocycles. The molecule has 0 bridgehead atoms. The van der Waals surface area contributed by atoms with Gasteiger partial charge in [0.2, 0.25) is 0 Å². The number of thiazole rings is 1. The van der Waals surface area contributed by atoms with Crippen LogP contribution in [0.5, 0.6) is 0 Å². The summed E-state index contributed by atoms with van der Waals surface area (Å²) in [6.07, 6.45) is 6.55. The fourth-order valence-corrected chi connectivity index (χ4v) is 3.84. The molecule has 130 valence electrons. The predicted octanol–water partition coefficient (Wildman–Crippen LogP) is 3.18. The molecule has 0 atom stereocenters. The number of aromatic nitrogens is 2. The molecule has 0 radical (unpaired) electrons. The van der Waals surface area contributed by atoms with Gasteiger partial charge in [0.1, 0.15) is 0 Å². The van der Waals surface area contributed by atoms with Crippen LogP contribution in [0, 0.1) is 0 Å². The monoisotopic (exact) mass is 353 g/mol. The van der Waals surface area contributed by atoms with E-state index in [-0.39, 0.29) is 5.41 Å². The van der Waals surface area contributed by atoms with E-state index in [9.17, 15) is 0 Å². The molecule has 2 N–H and O–H groups in total. The topological polar surface area (TPSA) is 53.7 Å². The Hall–Kier alpha value is -2.34. The van der Waals surface area contributed by atoms with Gasteiger partial charge in [-0.15, -0.1) is 11.3 Å². The Kier molecular flexibility index (Phi) is 4.44. The Morgan fingerprint density at radius 3 is 2.84 bits per heavy atom. The molecule has 6 heteroatoms. The summed E-state index contributed by atoms with van der Waals surface area (Å²) in [4.78, 5) is 10.3. The van der Waals surface area contributed by atoms with Gasteiger partial charge in [-0.3, -0.25) is 4.40 Å². The molecule has 1 saturated carbocycles. The van der Waals surface area contributed by atoms with Crippen LogP contribution in [0.1, 0.15) is 31.0 Å². The van der Waals surface area contributed by atoms with E-state index in [0.29, 0.717) is 6.54 Å². The summed E-state index contributed by atoms with van der Waals surface area (Å²) < 4.78 is 2.05. The summed E-state index contributed by atoms with van der Waals surface area (Å²) in [6.45, 7) is 4.44. The highest BCUT2D eigenvalue weighted by atomic mass is 32.1. The average Bonchev–Trinajstić information content (AvgIpc) is 3.14. The molecule has 1 fully saturated rings. The first-order valence-electron chi connectivity index (χ1n) is 8.78. The third-order valence-electron chi connectivity index (χ3n) is 4.72. The van der Waals surface area contributed by atoms with Crippen molar-refractivity contribution in [1.29, 1.82) is 0 Å². The second kappa shape index (κ2) is 6.88. The van der Waals surface area contributed by atoms with Gasteiger partial charge in [-0.05, 0) is 25.3 Å². The molecule has 1 aliphatic carbocycles. The van der Waals surface area contributed by atoms with Crippen molar-refractivity contribution < 1.29 is 0 Å². The molecule has 3 aromatic rings. The number of imidazole rings is 1. The van der Waals surface area contributed by atoms with Crippen molar-refractivity contribution in [3.05, 3.63) is 59.4 Å². The second-order valence-corrected chi connectivity index (χ2v) is 7.39. The number of nitrogens with zero attached hydrogens (tertiary/aromatic N) is 3. The van der Waals surface area contributed by atoms with Crippen molar-refractivity contribution in [1.82, 2.24) is 20.0 Å². The van der Waals surface area contributed by atoms with Gasteiger partial charge in [0.15, 0.2) is 10.9 Å². The summed E-state index contributed by atoms with van der Waals surface area (Å²) in [5.41, 5.74) is 2.69. The van der Waals surface area contributed by atoms with Crippen molar-refractivity contribution >= 4 is 22.3 Å². The van der Waals surface area contributed by atoms with E-state index in [1.54, 1.807) is 11.3 Å². The van der Waals surface area contributed by atoms with Gasteiger partial charge >= 0.3 is 0 Å². The lowest BCUT2D eigenvalue weighted by atomic mass is 9.96. The molecule has 1 aromatic carbocycles. The fraction of sp³-hybridized carbons (Fsp3) is 0.368. The van der Waals surface area contributed by atoms with Crippen LogP contribution >= 0.6 is 11.3 Å². The number of benzene rings is 1. The normalized spacial score (nSPS) is 16.1. The molecule has 2 heterocycles. The van der Waals surface area contributed by atoms with Crippen LogP contribution in [-0.2, 0) is 12.0 Å². The number of aliphatic imine (C=N–C) groups is 1. The van der Waals surface area contributed by atoms with E-state index >= 15 is 0 Å². The third-order valence-corrected chi connectivity index (χ3v) is 5.49. The van der Waals surface area contributed by atoms with Crippen molar-refractivity contribution in [3.8, 4) is 0 Å². The Balaban J connectivity index is 1.41. The molecule has 2 aromatic heterocycles. The predicted molar refractivity (Wildman–Crippen MR) is 103 cm³/mol. The molecule has 0 unspecified atom stereocenters. The molecule has 0 spiro atoms. The number of hydrogen-bond acceptors (Lipinski definition) is 3. The lowest BCUT2D eigenvalue weighted by molar-refractivity contribution is 0.646. The van der Waals surface area contributed by atoms with E-state index in [2.05, 4.69) is 52.9 Å². The zero-order valence-electron chi connectivity index (χ0n) is 14.4. The van der Waals surface area contributed by atoms with E-state index in [0.717, 1.165) is 29.7 Å². The molecule has 4 rings (SSSR count). The summed E-state index contributed by atoms with van der Waals surface area (Å²) in [5.74, 6) is 0.862. The van der Waals surface area contributed by atoms with Crippen molar-refractivity contribution in [2.45, 2.75) is 31.7 Å². The number of guanidine groups is 1. The van der Waals surface area contributed by atoms with Crippen LogP contribution < -0.4 is 10.6 Å². The Labute approximate surface area is 151 Å². The van der Waals surface area contributed by atoms with Crippen LogP contribution in [-0.4, -0.2) is 28.4 Å². The zero-order chi connectivity index (χ0) is 17.1. The first-order valence-corrected chi connectivity index (χ1v) is 9.66. The summed E-state index contributed by atoms with van der Waals surface area (Å²) in [6, 6.07) is 10.8. The first-order chi connectivity index (χ1) is 12.3. The van der Waals surface area contributed by atoms with Gasteiger partial charge in [0.05, 0.1) is 12.2 Å². The molecule has 1 aliphatic rings. The smallest absolute Gasteiger partial charge is 0.193 e. The van der Waals surface area contributed by atoms with Crippen molar-refractivity contribution in [3.63, 3.8) is 0 Å². The minimum atomic E-state index is 0.272. The SMILES string of the molecule is CCNC(=NCc1cn2ccsc2n1)NCC1(c2ccccc2)CC1. The highest BCUT2D eigenvalue weighted by molar-refractivity contribution is 7.15. The molecule has 0 aliphatic heterocycles. The summed E-state index contributed by atoms with van der Waals surface area (Å²) in [7, 11) is 0. The molecule has 25 heavy (non-hydrogen) atoms. The van der Waals surface area contributed by atoms with Gasteiger partial charge in [-0.25, -0.2) is 9.98 Å². The summed E-state index contributed by atoms with van der Waals surface area (Å²) in [5, 5.41) is 8.91. The number of rotatable bonds is 6.